The van der Waals surface area contributed by atoms with E-state index in [0.717, 1.165) is 17.5 Å². The third-order valence-corrected chi connectivity index (χ3v) is 2.42. The van der Waals surface area contributed by atoms with Gasteiger partial charge in [-0.3, -0.25) is 0 Å². The van der Waals surface area contributed by atoms with E-state index >= 15 is 0 Å². The number of carboxylic acid groups (broad SMARTS) is 1. The molecule has 0 spiro atoms. The Morgan fingerprint density at radius 1 is 1.47 bits per heavy atom. The Morgan fingerprint density at radius 3 is 2.60 bits per heavy atom. The molecule has 0 saturated carbocycles. The highest BCUT2D eigenvalue weighted by molar-refractivity contribution is 5.89. The van der Waals surface area contributed by atoms with Crippen molar-refractivity contribution in [1.82, 2.24) is 0 Å². The topological polar surface area (TPSA) is 37.3 Å². The number of rotatable bonds is 3. The van der Waals surface area contributed by atoms with Crippen molar-refractivity contribution < 1.29 is 9.90 Å². The minimum absolute atomic E-state index is 0.378. The van der Waals surface area contributed by atoms with Crippen molar-refractivity contribution in [2.45, 2.75) is 27.2 Å². The van der Waals surface area contributed by atoms with Gasteiger partial charge in [-0.25, -0.2) is 4.79 Å². The number of allylic oxidation sites excluding steroid dienone is 2. The Bertz CT molecular complexity index is 403. The van der Waals surface area contributed by atoms with E-state index in [9.17, 15) is 4.79 Å². The molecule has 2 heteroatoms. The van der Waals surface area contributed by atoms with Gasteiger partial charge in [0.1, 0.15) is 0 Å². The van der Waals surface area contributed by atoms with Crippen LogP contribution in [0.5, 0.6) is 0 Å². The number of hydrogen-bond acceptors (Lipinski definition) is 1. The van der Waals surface area contributed by atoms with Crippen molar-refractivity contribution in [1.29, 1.82) is 0 Å². The number of carbonyl (C=O) groups is 1. The average Bonchev–Trinajstić information content (AvgIpc) is 2.17. The van der Waals surface area contributed by atoms with Gasteiger partial charge in [-0.2, -0.15) is 0 Å². The lowest BCUT2D eigenvalue weighted by Crippen LogP contribution is -1.99. The first-order chi connectivity index (χ1) is 7.06. The van der Waals surface area contributed by atoms with E-state index in [2.05, 4.69) is 13.0 Å². The van der Waals surface area contributed by atoms with Crippen LogP contribution in [-0.4, -0.2) is 11.1 Å². The van der Waals surface area contributed by atoms with Gasteiger partial charge in [-0.1, -0.05) is 25.1 Å². The quantitative estimate of drug-likeness (QED) is 0.818. The zero-order chi connectivity index (χ0) is 11.4. The largest absolute Gasteiger partial charge is 0.478 e. The number of carboxylic acids is 1. The van der Waals surface area contributed by atoms with E-state index in [-0.39, 0.29) is 0 Å². The average molecular weight is 204 g/mol. The predicted molar refractivity (Wildman–Crippen MR) is 62.1 cm³/mol. The van der Waals surface area contributed by atoms with Crippen molar-refractivity contribution >= 4 is 11.5 Å². The lowest BCUT2D eigenvalue weighted by Gasteiger charge is -2.05. The Hall–Kier alpha value is -1.57. The third kappa shape index (κ3) is 2.69. The van der Waals surface area contributed by atoms with E-state index in [4.69, 9.17) is 5.11 Å². The molecule has 1 N–H and O–H groups in total. The third-order valence-electron chi connectivity index (χ3n) is 2.42. The van der Waals surface area contributed by atoms with Gasteiger partial charge in [0.15, 0.2) is 0 Å². The maximum Gasteiger partial charge on any atom is 0.335 e. The van der Waals surface area contributed by atoms with Crippen LogP contribution in [0.4, 0.5) is 0 Å². The second-order valence-electron chi connectivity index (χ2n) is 3.63. The van der Waals surface area contributed by atoms with Crippen LogP contribution in [0.25, 0.3) is 5.57 Å². The molecule has 80 valence electrons. The van der Waals surface area contributed by atoms with Crippen LogP contribution in [0.2, 0.25) is 0 Å². The maximum absolute atomic E-state index is 10.8. The summed E-state index contributed by atoms with van der Waals surface area (Å²) >= 11 is 0. The molecule has 1 aromatic carbocycles. The fourth-order valence-electron chi connectivity index (χ4n) is 1.57. The summed E-state index contributed by atoms with van der Waals surface area (Å²) in [5.41, 5.74) is 3.48. The van der Waals surface area contributed by atoms with E-state index in [1.807, 2.05) is 26.0 Å². The standard InChI is InChI=1S/C13H16O2/c1-4-5-9(2)11-6-7-12(13(14)15)10(3)8-11/h5-8H,4H2,1-3H3,(H,14,15). The number of hydrogen-bond donors (Lipinski definition) is 1. The molecular formula is C13H16O2. The Kier molecular flexibility index (Phi) is 3.67. The second-order valence-corrected chi connectivity index (χ2v) is 3.63. The summed E-state index contributed by atoms with van der Waals surface area (Å²) < 4.78 is 0. The predicted octanol–water partition coefficient (Wildman–Crippen LogP) is 3.51. The van der Waals surface area contributed by atoms with E-state index in [1.54, 1.807) is 6.07 Å². The first-order valence-electron chi connectivity index (χ1n) is 5.07. The second kappa shape index (κ2) is 4.78. The summed E-state index contributed by atoms with van der Waals surface area (Å²) in [5, 5.41) is 8.88. The van der Waals surface area contributed by atoms with E-state index in [1.165, 1.54) is 5.57 Å². The van der Waals surface area contributed by atoms with Gasteiger partial charge >= 0.3 is 5.97 Å². The minimum atomic E-state index is -0.865. The summed E-state index contributed by atoms with van der Waals surface area (Å²) in [7, 11) is 0. The highest BCUT2D eigenvalue weighted by atomic mass is 16.4. The SMILES string of the molecule is CCC=C(C)c1ccc(C(=O)O)c(C)c1. The first kappa shape index (κ1) is 11.5. The summed E-state index contributed by atoms with van der Waals surface area (Å²) in [6.07, 6.45) is 3.13. The molecule has 0 atom stereocenters. The molecule has 1 aromatic rings. The summed E-state index contributed by atoms with van der Waals surface area (Å²) in [6, 6.07) is 5.45. The van der Waals surface area contributed by atoms with Crippen LogP contribution in [0.3, 0.4) is 0 Å². The van der Waals surface area contributed by atoms with Crippen LogP contribution in [-0.2, 0) is 0 Å². The lowest BCUT2D eigenvalue weighted by molar-refractivity contribution is 0.0696. The zero-order valence-corrected chi connectivity index (χ0v) is 9.37. The molecule has 0 fully saturated rings. The summed E-state index contributed by atoms with van der Waals surface area (Å²) in [4.78, 5) is 10.8. The van der Waals surface area contributed by atoms with Crippen molar-refractivity contribution in [3.05, 3.63) is 41.0 Å². The minimum Gasteiger partial charge on any atom is -0.478 e. The molecule has 1 rings (SSSR count). The van der Waals surface area contributed by atoms with Crippen LogP contribution in [0.15, 0.2) is 24.3 Å². The van der Waals surface area contributed by atoms with Crippen molar-refractivity contribution in [2.24, 2.45) is 0 Å². The van der Waals surface area contributed by atoms with Crippen molar-refractivity contribution in [2.75, 3.05) is 0 Å². The van der Waals surface area contributed by atoms with Gasteiger partial charge in [0.25, 0.3) is 0 Å². The molecule has 0 heterocycles. The molecule has 2 nitrogen and oxygen atoms in total. The Morgan fingerprint density at radius 2 is 2.13 bits per heavy atom. The molecule has 0 radical (unpaired) electrons. The van der Waals surface area contributed by atoms with Gasteiger partial charge in [0.2, 0.25) is 0 Å². The van der Waals surface area contributed by atoms with Crippen molar-refractivity contribution in [3.8, 4) is 0 Å². The number of aryl methyl sites for hydroxylation is 1. The van der Waals surface area contributed by atoms with Crippen LogP contribution in [0, 0.1) is 6.92 Å². The van der Waals surface area contributed by atoms with E-state index < -0.39 is 5.97 Å². The molecule has 0 aliphatic heterocycles. The normalized spacial score (nSPS) is 11.5. The number of benzene rings is 1. The molecule has 0 aliphatic rings. The highest BCUT2D eigenvalue weighted by Crippen LogP contribution is 2.18. The monoisotopic (exact) mass is 204 g/mol. The Labute approximate surface area is 90.3 Å². The smallest absolute Gasteiger partial charge is 0.335 e. The fraction of sp³-hybridized carbons (Fsp3) is 0.308. The highest BCUT2D eigenvalue weighted by Gasteiger charge is 2.07. The summed E-state index contributed by atoms with van der Waals surface area (Å²) in [6.45, 7) is 5.95. The molecule has 15 heavy (non-hydrogen) atoms. The van der Waals surface area contributed by atoms with E-state index in [0.29, 0.717) is 5.56 Å². The molecule has 0 amide bonds. The van der Waals surface area contributed by atoms with Gasteiger partial charge in [0.05, 0.1) is 5.56 Å². The number of aromatic carboxylic acids is 1. The maximum atomic E-state index is 10.8. The van der Waals surface area contributed by atoms with Gasteiger partial charge < -0.3 is 5.11 Å². The van der Waals surface area contributed by atoms with Crippen LogP contribution >= 0.6 is 0 Å². The van der Waals surface area contributed by atoms with Crippen molar-refractivity contribution in [3.63, 3.8) is 0 Å². The van der Waals surface area contributed by atoms with Gasteiger partial charge in [0, 0.05) is 0 Å². The molecule has 0 saturated heterocycles. The first-order valence-corrected chi connectivity index (χ1v) is 5.07. The molecule has 0 bridgehead atoms. The molecule has 0 aliphatic carbocycles. The van der Waals surface area contributed by atoms with Gasteiger partial charge in [-0.05, 0) is 43.0 Å². The Balaban J connectivity index is 3.12. The molecular weight excluding hydrogens is 188 g/mol. The summed E-state index contributed by atoms with van der Waals surface area (Å²) in [5.74, 6) is -0.865. The zero-order valence-electron chi connectivity index (χ0n) is 9.37. The molecule has 0 aromatic heterocycles. The lowest BCUT2D eigenvalue weighted by atomic mass is 10.0. The van der Waals surface area contributed by atoms with Crippen LogP contribution in [0.1, 0.15) is 41.8 Å². The fourth-order valence-corrected chi connectivity index (χ4v) is 1.57. The van der Waals surface area contributed by atoms with Gasteiger partial charge in [-0.15, -0.1) is 0 Å². The van der Waals surface area contributed by atoms with Crippen LogP contribution < -0.4 is 0 Å². The molecule has 0 unspecified atom stereocenters.